The number of carbonyl (C=O) groups excluding carboxylic acids is 1. The summed E-state index contributed by atoms with van der Waals surface area (Å²) < 4.78 is 10.4. The normalized spacial score (nSPS) is 10.2. The Hall–Kier alpha value is -1.86. The molecule has 1 aromatic heterocycles. The highest BCUT2D eigenvalue weighted by Gasteiger charge is 2.26. The quantitative estimate of drug-likeness (QED) is 0.615. The first kappa shape index (κ1) is 18.2. The fourth-order valence-electron chi connectivity index (χ4n) is 1.93. The summed E-state index contributed by atoms with van der Waals surface area (Å²) >= 11 is 1.40. The van der Waals surface area contributed by atoms with Crippen molar-refractivity contribution in [3.8, 4) is 5.75 Å². The van der Waals surface area contributed by atoms with Crippen molar-refractivity contribution >= 4 is 28.9 Å². The van der Waals surface area contributed by atoms with Crippen LogP contribution < -0.4 is 4.74 Å². The average molecular weight is 327 g/mol. The van der Waals surface area contributed by atoms with Gasteiger partial charge in [0.05, 0.1) is 24.3 Å². The predicted molar refractivity (Wildman–Crippen MR) is 85.0 cm³/mol. The molecule has 0 fully saturated rings. The molecular weight excluding hydrogens is 306 g/mol. The number of carboxylic acids is 1. The molecule has 0 saturated heterocycles. The molecule has 1 heterocycles. The number of ether oxygens (including phenoxy) is 2. The highest BCUT2D eigenvalue weighted by Crippen LogP contribution is 2.32. The lowest BCUT2D eigenvalue weighted by molar-refractivity contribution is -0.154. The van der Waals surface area contributed by atoms with Crippen molar-refractivity contribution < 1.29 is 24.2 Å². The van der Waals surface area contributed by atoms with Crippen molar-refractivity contribution in [2.75, 3.05) is 26.9 Å². The molecule has 1 amide bonds. The number of allylic oxidation sites excluding steroid dienone is 1. The number of carbonyl (C=O) groups is 2. The van der Waals surface area contributed by atoms with Crippen LogP contribution in [0.4, 0.5) is 0 Å². The lowest BCUT2D eigenvalue weighted by Crippen LogP contribution is -2.37. The van der Waals surface area contributed by atoms with Gasteiger partial charge in [0.1, 0.15) is 5.75 Å². The van der Waals surface area contributed by atoms with Gasteiger partial charge in [0.2, 0.25) is 0 Å². The SMILES string of the molecule is CCOCCN(C(=O)C(=O)O)C(=C(C)C)c1cc(OC)cs1. The molecule has 0 spiro atoms. The van der Waals surface area contributed by atoms with E-state index < -0.39 is 11.9 Å². The van der Waals surface area contributed by atoms with Crippen LogP contribution in [0.5, 0.6) is 5.75 Å². The molecule has 0 aliphatic heterocycles. The minimum Gasteiger partial charge on any atom is -0.496 e. The van der Waals surface area contributed by atoms with E-state index in [2.05, 4.69) is 0 Å². The standard InChI is InChI=1S/C15H21NO5S/c1-5-21-7-6-16(14(17)15(18)19)13(10(2)3)12-8-11(20-4)9-22-12/h8-9H,5-7H2,1-4H3,(H,18,19). The first-order valence-corrected chi connectivity index (χ1v) is 7.73. The van der Waals surface area contributed by atoms with Crippen molar-refractivity contribution in [2.24, 2.45) is 0 Å². The fraction of sp³-hybridized carbons (Fsp3) is 0.467. The lowest BCUT2D eigenvalue weighted by atomic mass is 10.2. The maximum absolute atomic E-state index is 12.0. The van der Waals surface area contributed by atoms with E-state index in [1.54, 1.807) is 13.2 Å². The van der Waals surface area contributed by atoms with Gasteiger partial charge in [-0.3, -0.25) is 9.69 Å². The van der Waals surface area contributed by atoms with Crippen LogP contribution in [0, 0.1) is 0 Å². The van der Waals surface area contributed by atoms with Crippen molar-refractivity contribution in [2.45, 2.75) is 20.8 Å². The summed E-state index contributed by atoms with van der Waals surface area (Å²) in [5.74, 6) is -1.78. The van der Waals surface area contributed by atoms with Crippen LogP contribution in [0.15, 0.2) is 17.0 Å². The minimum atomic E-state index is -1.49. The average Bonchev–Trinajstić information content (AvgIpc) is 2.93. The molecule has 0 aliphatic carbocycles. The number of amides is 1. The van der Waals surface area contributed by atoms with E-state index in [0.29, 0.717) is 18.1 Å². The third kappa shape index (κ3) is 4.57. The highest BCUT2D eigenvalue weighted by atomic mass is 32.1. The van der Waals surface area contributed by atoms with Gasteiger partial charge in [0.25, 0.3) is 0 Å². The van der Waals surface area contributed by atoms with Gasteiger partial charge < -0.3 is 14.6 Å². The van der Waals surface area contributed by atoms with Gasteiger partial charge in [-0.2, -0.15) is 0 Å². The Balaban J connectivity index is 3.17. The highest BCUT2D eigenvalue weighted by molar-refractivity contribution is 7.11. The van der Waals surface area contributed by atoms with E-state index in [9.17, 15) is 9.59 Å². The molecule has 22 heavy (non-hydrogen) atoms. The molecule has 0 unspecified atom stereocenters. The molecule has 7 heteroatoms. The van der Waals surface area contributed by atoms with E-state index in [0.717, 1.165) is 10.5 Å². The fourth-order valence-corrected chi connectivity index (χ4v) is 2.95. The van der Waals surface area contributed by atoms with Crippen molar-refractivity contribution in [3.63, 3.8) is 0 Å². The van der Waals surface area contributed by atoms with Crippen molar-refractivity contribution in [1.29, 1.82) is 0 Å². The Kier molecular flexibility index (Phi) is 7.07. The molecule has 0 atom stereocenters. The molecule has 1 aromatic rings. The number of carboxylic acid groups (broad SMARTS) is 1. The predicted octanol–water partition coefficient (Wildman–Crippen LogP) is 2.46. The molecule has 122 valence electrons. The van der Waals surface area contributed by atoms with Gasteiger partial charge in [-0.25, -0.2) is 4.79 Å². The number of thiophene rings is 1. The largest absolute Gasteiger partial charge is 0.496 e. The van der Waals surface area contributed by atoms with Crippen molar-refractivity contribution in [3.05, 3.63) is 21.9 Å². The molecular formula is C15H21NO5S. The molecule has 1 N–H and O–H groups in total. The monoisotopic (exact) mass is 327 g/mol. The number of aliphatic carboxylic acids is 1. The molecule has 1 rings (SSSR count). The van der Waals surface area contributed by atoms with E-state index in [1.165, 1.54) is 16.2 Å². The maximum atomic E-state index is 12.0. The second-order valence-corrected chi connectivity index (χ2v) is 5.57. The second kappa shape index (κ2) is 8.55. The van der Waals surface area contributed by atoms with Crippen LogP contribution >= 0.6 is 11.3 Å². The summed E-state index contributed by atoms with van der Waals surface area (Å²) in [6, 6.07) is 1.79. The van der Waals surface area contributed by atoms with E-state index in [4.69, 9.17) is 14.6 Å². The number of rotatable bonds is 7. The lowest BCUT2D eigenvalue weighted by Gasteiger charge is -2.24. The molecule has 0 aliphatic rings. The van der Waals surface area contributed by atoms with Crippen LogP contribution in [0.25, 0.3) is 5.70 Å². The minimum absolute atomic E-state index is 0.180. The Morgan fingerprint density at radius 1 is 1.36 bits per heavy atom. The van der Waals surface area contributed by atoms with Crippen LogP contribution in [-0.2, 0) is 14.3 Å². The number of nitrogens with zero attached hydrogens (tertiary/aromatic N) is 1. The van der Waals surface area contributed by atoms with Crippen LogP contribution in [-0.4, -0.2) is 48.8 Å². The zero-order valence-electron chi connectivity index (χ0n) is 13.2. The zero-order chi connectivity index (χ0) is 16.7. The number of hydrogen-bond donors (Lipinski definition) is 1. The van der Waals surface area contributed by atoms with Gasteiger partial charge in [0, 0.05) is 24.6 Å². The molecule has 0 bridgehead atoms. The van der Waals surface area contributed by atoms with E-state index in [1.807, 2.05) is 26.2 Å². The van der Waals surface area contributed by atoms with Gasteiger partial charge >= 0.3 is 11.9 Å². The Morgan fingerprint density at radius 2 is 2.05 bits per heavy atom. The Labute approximate surface area is 134 Å². The first-order chi connectivity index (χ1) is 10.4. The zero-order valence-corrected chi connectivity index (χ0v) is 14.0. The van der Waals surface area contributed by atoms with E-state index in [-0.39, 0.29) is 13.2 Å². The number of methoxy groups -OCH3 is 1. The first-order valence-electron chi connectivity index (χ1n) is 6.85. The smallest absolute Gasteiger partial charge is 0.394 e. The van der Waals surface area contributed by atoms with Crippen LogP contribution in [0.1, 0.15) is 25.6 Å². The number of hydrogen-bond acceptors (Lipinski definition) is 5. The Morgan fingerprint density at radius 3 is 2.50 bits per heavy atom. The Bertz CT molecular complexity index is 560. The summed E-state index contributed by atoms with van der Waals surface area (Å²) in [5.41, 5.74) is 1.43. The summed E-state index contributed by atoms with van der Waals surface area (Å²) in [5, 5.41) is 10.9. The van der Waals surface area contributed by atoms with Gasteiger partial charge in [-0.15, -0.1) is 11.3 Å². The third-order valence-corrected chi connectivity index (χ3v) is 3.79. The summed E-state index contributed by atoms with van der Waals surface area (Å²) in [7, 11) is 1.56. The third-order valence-electron chi connectivity index (χ3n) is 2.88. The van der Waals surface area contributed by atoms with Crippen LogP contribution in [0.3, 0.4) is 0 Å². The summed E-state index contributed by atoms with van der Waals surface area (Å²) in [6.45, 7) is 6.48. The van der Waals surface area contributed by atoms with Crippen LogP contribution in [0.2, 0.25) is 0 Å². The van der Waals surface area contributed by atoms with E-state index >= 15 is 0 Å². The van der Waals surface area contributed by atoms with Gasteiger partial charge in [-0.1, -0.05) is 5.57 Å². The molecule has 6 nitrogen and oxygen atoms in total. The van der Waals surface area contributed by atoms with Gasteiger partial charge in [-0.05, 0) is 20.8 Å². The topological polar surface area (TPSA) is 76.1 Å². The maximum Gasteiger partial charge on any atom is 0.394 e. The second-order valence-electron chi connectivity index (χ2n) is 4.66. The van der Waals surface area contributed by atoms with Crippen molar-refractivity contribution in [1.82, 2.24) is 4.90 Å². The summed E-state index contributed by atoms with van der Waals surface area (Å²) in [6.07, 6.45) is 0. The summed E-state index contributed by atoms with van der Waals surface area (Å²) in [4.78, 5) is 25.2. The van der Waals surface area contributed by atoms with Gasteiger partial charge in [0.15, 0.2) is 0 Å². The molecule has 0 aromatic carbocycles. The molecule has 0 radical (unpaired) electrons. The molecule has 0 saturated carbocycles.